The lowest BCUT2D eigenvalue weighted by atomic mass is 10.1. The summed E-state index contributed by atoms with van der Waals surface area (Å²) >= 11 is 0. The van der Waals surface area contributed by atoms with Gasteiger partial charge in [-0.15, -0.1) is 0 Å². The maximum Gasteiger partial charge on any atom is 0.295 e. The number of nitrogen functional groups attached to an aromatic ring is 1. The predicted octanol–water partition coefficient (Wildman–Crippen LogP) is 2.94. The van der Waals surface area contributed by atoms with Gasteiger partial charge < -0.3 is 16.2 Å². The van der Waals surface area contributed by atoms with Crippen molar-refractivity contribution in [3.05, 3.63) is 59.7 Å². The fourth-order valence-corrected chi connectivity index (χ4v) is 3.34. The zero-order chi connectivity index (χ0) is 19.1. The fraction of sp³-hybridized carbons (Fsp3) is 0.0556. The van der Waals surface area contributed by atoms with Gasteiger partial charge in [0.25, 0.3) is 16.0 Å². The lowest BCUT2D eigenvalue weighted by Crippen LogP contribution is -2.12. The number of amides is 1. The molecule has 3 aromatic carbocycles. The van der Waals surface area contributed by atoms with Crippen LogP contribution in [0.25, 0.3) is 10.8 Å². The summed E-state index contributed by atoms with van der Waals surface area (Å²) in [6, 6.07) is 12.0. The number of aryl methyl sites for hydroxylation is 1. The Balaban J connectivity index is 2.07. The van der Waals surface area contributed by atoms with Gasteiger partial charge in [0.15, 0.2) is 0 Å². The van der Waals surface area contributed by atoms with E-state index >= 15 is 0 Å². The zero-order valence-electron chi connectivity index (χ0n) is 13.7. The summed E-state index contributed by atoms with van der Waals surface area (Å²) in [6.45, 7) is 1.81. The van der Waals surface area contributed by atoms with Crippen LogP contribution in [0.15, 0.2) is 53.4 Å². The van der Waals surface area contributed by atoms with Gasteiger partial charge in [-0.3, -0.25) is 9.35 Å². The lowest BCUT2D eigenvalue weighted by molar-refractivity contribution is 0.102. The molecule has 0 aromatic heterocycles. The number of phenols is 1. The number of anilines is 2. The molecule has 0 saturated carbocycles. The average molecular weight is 372 g/mol. The van der Waals surface area contributed by atoms with Crippen molar-refractivity contribution < 1.29 is 22.9 Å². The summed E-state index contributed by atoms with van der Waals surface area (Å²) in [5.41, 5.74) is 7.38. The Hall–Kier alpha value is -3.10. The molecule has 0 saturated heterocycles. The van der Waals surface area contributed by atoms with E-state index in [4.69, 9.17) is 5.73 Å². The Morgan fingerprint density at radius 1 is 1.12 bits per heavy atom. The number of aromatic hydroxyl groups is 1. The first-order chi connectivity index (χ1) is 12.2. The Morgan fingerprint density at radius 2 is 1.85 bits per heavy atom. The second kappa shape index (κ2) is 6.32. The largest absolute Gasteiger partial charge is 0.505 e. The van der Waals surface area contributed by atoms with Crippen molar-refractivity contribution in [1.29, 1.82) is 0 Å². The molecule has 0 aliphatic rings. The number of rotatable bonds is 3. The number of benzene rings is 3. The summed E-state index contributed by atoms with van der Waals surface area (Å²) in [5, 5.41) is 13.3. The highest BCUT2D eigenvalue weighted by Gasteiger charge is 2.19. The molecule has 0 bridgehead atoms. The number of carbonyl (C=O) groups excluding carboxylic acids is 1. The molecule has 3 aromatic rings. The van der Waals surface area contributed by atoms with Crippen molar-refractivity contribution in [2.45, 2.75) is 11.8 Å². The molecule has 26 heavy (non-hydrogen) atoms. The highest BCUT2D eigenvalue weighted by atomic mass is 32.2. The summed E-state index contributed by atoms with van der Waals surface area (Å²) < 4.78 is 32.5. The normalized spacial score (nSPS) is 11.5. The molecular formula is C18H16N2O5S. The predicted molar refractivity (Wildman–Crippen MR) is 99.0 cm³/mol. The van der Waals surface area contributed by atoms with Crippen molar-refractivity contribution in [1.82, 2.24) is 0 Å². The Morgan fingerprint density at radius 3 is 2.50 bits per heavy atom. The molecule has 0 radical (unpaired) electrons. The molecular weight excluding hydrogens is 356 g/mol. The van der Waals surface area contributed by atoms with E-state index in [1.165, 1.54) is 30.3 Å². The van der Waals surface area contributed by atoms with Gasteiger partial charge in [-0.1, -0.05) is 24.3 Å². The number of nitrogens with one attached hydrogen (secondary N) is 1. The van der Waals surface area contributed by atoms with E-state index in [1.807, 2.05) is 6.92 Å². The van der Waals surface area contributed by atoms with Crippen molar-refractivity contribution in [3.8, 4) is 5.75 Å². The second-order valence-electron chi connectivity index (χ2n) is 5.82. The van der Waals surface area contributed by atoms with E-state index in [1.54, 1.807) is 18.2 Å². The molecule has 0 fully saturated rings. The average Bonchev–Trinajstić information content (AvgIpc) is 2.58. The van der Waals surface area contributed by atoms with Crippen LogP contribution in [-0.4, -0.2) is 24.0 Å². The van der Waals surface area contributed by atoms with Crippen molar-refractivity contribution in [3.63, 3.8) is 0 Å². The van der Waals surface area contributed by atoms with Gasteiger partial charge in [0.2, 0.25) is 0 Å². The zero-order valence-corrected chi connectivity index (χ0v) is 14.5. The number of fused-ring (bicyclic) bond motifs is 1. The fourth-order valence-electron chi connectivity index (χ4n) is 2.62. The minimum Gasteiger partial charge on any atom is -0.505 e. The van der Waals surface area contributed by atoms with Gasteiger partial charge in [0, 0.05) is 16.6 Å². The molecule has 1 amide bonds. The standard InChI is InChI=1S/C18H16N2O5S/c1-10-5-6-12(9-13(10)19)18(22)20-14-8-7-11-3-2-4-15(26(23,24)25)16(11)17(14)21/h2-9,21H,19H2,1H3,(H,20,22)(H,23,24,25). The molecule has 0 spiro atoms. The molecule has 0 aliphatic heterocycles. The number of hydrogen-bond acceptors (Lipinski definition) is 5. The smallest absolute Gasteiger partial charge is 0.295 e. The van der Waals surface area contributed by atoms with Crippen molar-refractivity contribution >= 4 is 38.2 Å². The van der Waals surface area contributed by atoms with Crippen LogP contribution >= 0.6 is 0 Å². The van der Waals surface area contributed by atoms with Gasteiger partial charge in [0.05, 0.1) is 5.69 Å². The van der Waals surface area contributed by atoms with Gasteiger partial charge in [-0.25, -0.2) is 0 Å². The number of nitrogens with two attached hydrogens (primary N) is 1. The highest BCUT2D eigenvalue weighted by Crippen LogP contribution is 2.37. The maximum atomic E-state index is 12.4. The quantitative estimate of drug-likeness (QED) is 0.318. The van der Waals surface area contributed by atoms with E-state index in [2.05, 4.69) is 5.32 Å². The Kier molecular flexibility index (Phi) is 4.31. The minimum absolute atomic E-state index is 0.0118. The third-order valence-electron chi connectivity index (χ3n) is 4.05. The van der Waals surface area contributed by atoms with E-state index in [0.29, 0.717) is 11.1 Å². The molecule has 5 N–H and O–H groups in total. The van der Waals surface area contributed by atoms with Crippen molar-refractivity contribution in [2.75, 3.05) is 11.1 Å². The van der Waals surface area contributed by atoms with E-state index in [0.717, 1.165) is 5.56 Å². The summed E-state index contributed by atoms with van der Waals surface area (Å²) in [7, 11) is -4.55. The first-order valence-electron chi connectivity index (χ1n) is 7.58. The monoisotopic (exact) mass is 372 g/mol. The Bertz CT molecular complexity index is 1140. The second-order valence-corrected chi connectivity index (χ2v) is 7.21. The first-order valence-corrected chi connectivity index (χ1v) is 9.02. The molecule has 7 nitrogen and oxygen atoms in total. The lowest BCUT2D eigenvalue weighted by Gasteiger charge is -2.12. The van der Waals surface area contributed by atoms with E-state index < -0.39 is 26.7 Å². The van der Waals surface area contributed by atoms with Gasteiger partial charge in [0.1, 0.15) is 10.6 Å². The van der Waals surface area contributed by atoms with Gasteiger partial charge in [-0.2, -0.15) is 8.42 Å². The van der Waals surface area contributed by atoms with Gasteiger partial charge in [-0.05, 0) is 42.1 Å². The molecule has 3 rings (SSSR count). The van der Waals surface area contributed by atoms with Crippen LogP contribution in [0.3, 0.4) is 0 Å². The summed E-state index contributed by atoms with van der Waals surface area (Å²) in [5.74, 6) is -0.972. The van der Waals surface area contributed by atoms with Crippen LogP contribution in [-0.2, 0) is 10.1 Å². The molecule has 0 atom stereocenters. The van der Waals surface area contributed by atoms with E-state index in [9.17, 15) is 22.9 Å². The molecule has 0 aliphatic carbocycles. The third kappa shape index (κ3) is 3.19. The van der Waals surface area contributed by atoms with Crippen LogP contribution in [0.4, 0.5) is 11.4 Å². The van der Waals surface area contributed by atoms with E-state index in [-0.39, 0.29) is 16.6 Å². The Labute approximate surface area is 149 Å². The van der Waals surface area contributed by atoms with Gasteiger partial charge >= 0.3 is 0 Å². The van der Waals surface area contributed by atoms with Crippen LogP contribution in [0.5, 0.6) is 5.75 Å². The molecule has 0 unspecified atom stereocenters. The number of phenolic OH excluding ortho intramolecular Hbond substituents is 1. The summed E-state index contributed by atoms with van der Waals surface area (Å²) in [6.07, 6.45) is 0. The molecule has 0 heterocycles. The first kappa shape index (κ1) is 17.7. The number of hydrogen-bond donors (Lipinski definition) is 4. The maximum absolute atomic E-state index is 12.4. The molecule has 134 valence electrons. The minimum atomic E-state index is -4.55. The van der Waals surface area contributed by atoms with Crippen LogP contribution in [0.2, 0.25) is 0 Å². The number of carbonyl (C=O) groups is 1. The van der Waals surface area contributed by atoms with Crippen LogP contribution < -0.4 is 11.1 Å². The van der Waals surface area contributed by atoms with Crippen LogP contribution in [0.1, 0.15) is 15.9 Å². The topological polar surface area (TPSA) is 130 Å². The van der Waals surface area contributed by atoms with Crippen LogP contribution in [0, 0.1) is 6.92 Å². The highest BCUT2D eigenvalue weighted by molar-refractivity contribution is 7.86. The third-order valence-corrected chi connectivity index (χ3v) is 4.94. The SMILES string of the molecule is Cc1ccc(C(=O)Nc2ccc3cccc(S(=O)(=O)O)c3c2O)cc1N. The van der Waals surface area contributed by atoms with Crippen molar-refractivity contribution in [2.24, 2.45) is 0 Å². The molecule has 8 heteroatoms. The summed E-state index contributed by atoms with van der Waals surface area (Å²) in [4.78, 5) is 12.0.